The molecule has 0 amide bonds. The average molecular weight is 277 g/mol. The van der Waals surface area contributed by atoms with E-state index >= 15 is 0 Å². The van der Waals surface area contributed by atoms with E-state index in [9.17, 15) is 8.42 Å². The first-order chi connectivity index (χ1) is 8.29. The van der Waals surface area contributed by atoms with Crippen LogP contribution in [-0.2, 0) is 9.84 Å². The van der Waals surface area contributed by atoms with E-state index in [1.165, 1.54) is 12.7 Å². The third-order valence-electron chi connectivity index (χ3n) is 3.66. The van der Waals surface area contributed by atoms with Gasteiger partial charge in [-0.15, -0.1) is 0 Å². The summed E-state index contributed by atoms with van der Waals surface area (Å²) in [4.78, 5) is 4.62. The predicted octanol–water partition coefficient (Wildman–Crippen LogP) is -0.226. The highest BCUT2D eigenvalue weighted by molar-refractivity contribution is 7.90. The summed E-state index contributed by atoms with van der Waals surface area (Å²) in [5, 5.41) is 0. The first kappa shape index (κ1) is 15.9. The van der Waals surface area contributed by atoms with Gasteiger partial charge in [-0.3, -0.25) is 0 Å². The first-order valence-corrected chi connectivity index (χ1v) is 8.68. The summed E-state index contributed by atoms with van der Waals surface area (Å²) in [5.74, 6) is 0.243. The lowest BCUT2D eigenvalue weighted by molar-refractivity contribution is 0.191. The zero-order valence-corrected chi connectivity index (χ0v) is 12.6. The maximum absolute atomic E-state index is 11.1. The molecule has 0 aromatic carbocycles. The van der Waals surface area contributed by atoms with Crippen molar-refractivity contribution in [2.45, 2.75) is 31.3 Å². The Kier molecular flexibility index (Phi) is 6.04. The Balaban J connectivity index is 2.45. The molecule has 1 aliphatic rings. The van der Waals surface area contributed by atoms with Crippen LogP contribution >= 0.6 is 0 Å². The van der Waals surface area contributed by atoms with Gasteiger partial charge in [0, 0.05) is 30.6 Å². The summed E-state index contributed by atoms with van der Waals surface area (Å²) >= 11 is 0. The number of likely N-dealkylation sites (N-methyl/N-ethyl adjacent to an activating group) is 2. The molecule has 108 valence electrons. The molecular weight excluding hydrogens is 250 g/mol. The lowest BCUT2D eigenvalue weighted by Crippen LogP contribution is -2.50. The molecule has 5 nitrogen and oxygen atoms in total. The van der Waals surface area contributed by atoms with Crippen LogP contribution in [0.4, 0.5) is 0 Å². The quantitative estimate of drug-likeness (QED) is 0.752. The van der Waals surface area contributed by atoms with Gasteiger partial charge in [0.25, 0.3) is 0 Å². The third kappa shape index (κ3) is 5.65. The molecule has 18 heavy (non-hydrogen) atoms. The molecule has 1 aliphatic heterocycles. The summed E-state index contributed by atoms with van der Waals surface area (Å²) in [6.45, 7) is 3.14. The van der Waals surface area contributed by atoms with Crippen LogP contribution in [0.2, 0.25) is 0 Å². The van der Waals surface area contributed by atoms with E-state index in [0.29, 0.717) is 12.5 Å². The zero-order valence-electron chi connectivity index (χ0n) is 11.8. The molecule has 2 N–H and O–H groups in total. The van der Waals surface area contributed by atoms with E-state index in [4.69, 9.17) is 5.73 Å². The lowest BCUT2D eigenvalue weighted by atomic mass is 10.0. The van der Waals surface area contributed by atoms with Crippen molar-refractivity contribution in [3.8, 4) is 0 Å². The molecule has 0 bridgehead atoms. The largest absolute Gasteiger partial charge is 0.326 e. The lowest BCUT2D eigenvalue weighted by Gasteiger charge is -2.32. The molecule has 1 saturated heterocycles. The fourth-order valence-electron chi connectivity index (χ4n) is 2.54. The topological polar surface area (TPSA) is 66.6 Å². The standard InChI is InChI=1S/C12H27N3O2S/c1-14-7-5-8-15(2)12(10-14)11(13)6-4-9-18(3,16)17/h11-12H,4-10,13H2,1-3H3. The number of hydrogen-bond acceptors (Lipinski definition) is 5. The van der Waals surface area contributed by atoms with Crippen LogP contribution in [-0.4, -0.2) is 76.0 Å². The zero-order chi connectivity index (χ0) is 13.8. The van der Waals surface area contributed by atoms with Crippen molar-refractivity contribution >= 4 is 9.84 Å². The van der Waals surface area contributed by atoms with E-state index in [0.717, 1.165) is 26.1 Å². The molecule has 2 unspecified atom stereocenters. The van der Waals surface area contributed by atoms with Crippen molar-refractivity contribution < 1.29 is 8.42 Å². The molecular formula is C12H27N3O2S. The van der Waals surface area contributed by atoms with Gasteiger partial charge < -0.3 is 15.5 Å². The first-order valence-electron chi connectivity index (χ1n) is 6.61. The molecule has 1 heterocycles. The average Bonchev–Trinajstić information content (AvgIpc) is 2.38. The van der Waals surface area contributed by atoms with Crippen LogP contribution in [0, 0.1) is 0 Å². The van der Waals surface area contributed by atoms with Gasteiger partial charge in [0.1, 0.15) is 9.84 Å². The molecule has 6 heteroatoms. The van der Waals surface area contributed by atoms with Gasteiger partial charge in [0.15, 0.2) is 0 Å². The van der Waals surface area contributed by atoms with Crippen LogP contribution in [0.3, 0.4) is 0 Å². The number of nitrogens with two attached hydrogens (primary N) is 1. The minimum atomic E-state index is -2.86. The monoisotopic (exact) mass is 277 g/mol. The second-order valence-electron chi connectivity index (χ2n) is 5.60. The molecule has 0 radical (unpaired) electrons. The van der Waals surface area contributed by atoms with Crippen LogP contribution in [0.1, 0.15) is 19.3 Å². The molecule has 2 atom stereocenters. The van der Waals surface area contributed by atoms with Crippen molar-refractivity contribution in [2.75, 3.05) is 45.7 Å². The summed E-state index contributed by atoms with van der Waals surface area (Å²) in [6.07, 6.45) is 3.88. The Morgan fingerprint density at radius 1 is 1.33 bits per heavy atom. The summed E-state index contributed by atoms with van der Waals surface area (Å²) < 4.78 is 22.2. The van der Waals surface area contributed by atoms with E-state index < -0.39 is 9.84 Å². The van der Waals surface area contributed by atoms with E-state index in [1.807, 2.05) is 0 Å². The highest BCUT2D eigenvalue weighted by atomic mass is 32.2. The molecule has 1 fully saturated rings. The highest BCUT2D eigenvalue weighted by Gasteiger charge is 2.25. The molecule has 0 aliphatic carbocycles. The van der Waals surface area contributed by atoms with Crippen LogP contribution in [0.15, 0.2) is 0 Å². The smallest absolute Gasteiger partial charge is 0.147 e. The van der Waals surface area contributed by atoms with Crippen molar-refractivity contribution in [1.82, 2.24) is 9.80 Å². The second kappa shape index (κ2) is 6.84. The second-order valence-corrected chi connectivity index (χ2v) is 7.86. The van der Waals surface area contributed by atoms with Gasteiger partial charge in [-0.25, -0.2) is 8.42 Å². The molecule has 0 aromatic rings. The molecule has 1 rings (SSSR count). The molecule has 0 spiro atoms. The van der Waals surface area contributed by atoms with E-state index in [2.05, 4.69) is 23.9 Å². The number of rotatable bonds is 5. The van der Waals surface area contributed by atoms with E-state index in [-0.39, 0.29) is 11.8 Å². The summed E-state index contributed by atoms with van der Waals surface area (Å²) in [5.41, 5.74) is 6.24. The Morgan fingerprint density at radius 2 is 2.00 bits per heavy atom. The summed E-state index contributed by atoms with van der Waals surface area (Å²) in [7, 11) is 1.37. The van der Waals surface area contributed by atoms with Gasteiger partial charge in [-0.05, 0) is 46.4 Å². The van der Waals surface area contributed by atoms with Crippen molar-refractivity contribution in [3.63, 3.8) is 0 Å². The fourth-order valence-corrected chi connectivity index (χ4v) is 3.23. The highest BCUT2D eigenvalue weighted by Crippen LogP contribution is 2.12. The van der Waals surface area contributed by atoms with Crippen molar-refractivity contribution in [2.24, 2.45) is 5.73 Å². The minimum Gasteiger partial charge on any atom is -0.326 e. The molecule has 0 saturated carbocycles. The number of hydrogen-bond donors (Lipinski definition) is 1. The maximum Gasteiger partial charge on any atom is 0.147 e. The molecule has 0 aromatic heterocycles. The van der Waals surface area contributed by atoms with Gasteiger partial charge in [-0.2, -0.15) is 0 Å². The predicted molar refractivity (Wildman–Crippen MR) is 75.5 cm³/mol. The van der Waals surface area contributed by atoms with Crippen molar-refractivity contribution in [3.05, 3.63) is 0 Å². The Morgan fingerprint density at radius 3 is 2.61 bits per heavy atom. The number of nitrogens with zero attached hydrogens (tertiary/aromatic N) is 2. The van der Waals surface area contributed by atoms with Crippen molar-refractivity contribution in [1.29, 1.82) is 0 Å². The van der Waals surface area contributed by atoms with Crippen LogP contribution in [0.5, 0.6) is 0 Å². The SMILES string of the molecule is CN1CCCN(C)C(C(N)CCCS(C)(=O)=O)C1. The number of sulfone groups is 1. The van der Waals surface area contributed by atoms with Gasteiger partial charge in [0.05, 0.1) is 0 Å². The minimum absolute atomic E-state index is 0.0531. The van der Waals surface area contributed by atoms with Crippen LogP contribution < -0.4 is 5.73 Å². The van der Waals surface area contributed by atoms with Gasteiger partial charge in [0.2, 0.25) is 0 Å². The van der Waals surface area contributed by atoms with Crippen LogP contribution in [0.25, 0.3) is 0 Å². The van der Waals surface area contributed by atoms with Gasteiger partial charge >= 0.3 is 0 Å². The van der Waals surface area contributed by atoms with Gasteiger partial charge in [-0.1, -0.05) is 0 Å². The Bertz CT molecular complexity index is 345. The normalized spacial score (nSPS) is 25.9. The summed E-state index contributed by atoms with van der Waals surface area (Å²) in [6, 6.07) is 0.384. The Labute approximate surface area is 111 Å². The fraction of sp³-hybridized carbons (Fsp3) is 1.00. The van der Waals surface area contributed by atoms with E-state index in [1.54, 1.807) is 0 Å². The third-order valence-corrected chi connectivity index (χ3v) is 4.69. The maximum atomic E-state index is 11.1. The Hall–Kier alpha value is -0.170.